The highest BCUT2D eigenvalue weighted by Crippen LogP contribution is 2.18. The third-order valence-corrected chi connectivity index (χ3v) is 4.02. The molecule has 0 spiro atoms. The molecule has 4 nitrogen and oxygen atoms in total. The fourth-order valence-corrected chi connectivity index (χ4v) is 2.69. The minimum Gasteiger partial charge on any atom is -0.350 e. The zero-order valence-electron chi connectivity index (χ0n) is 15.0. The Morgan fingerprint density at radius 1 is 0.880 bits per heavy atom. The van der Waals surface area contributed by atoms with Crippen molar-refractivity contribution in [1.29, 1.82) is 0 Å². The molecule has 0 saturated heterocycles. The number of nitrogens with one attached hydrogen (secondary N) is 2. The summed E-state index contributed by atoms with van der Waals surface area (Å²) < 4.78 is 0. The lowest BCUT2D eigenvalue weighted by Gasteiger charge is -2.11. The Bertz CT molecular complexity index is 841. The molecule has 4 heteroatoms. The van der Waals surface area contributed by atoms with E-state index in [4.69, 9.17) is 0 Å². The van der Waals surface area contributed by atoms with Crippen LogP contribution in [0.15, 0.2) is 54.6 Å². The maximum absolute atomic E-state index is 4.58. The molecule has 0 bridgehead atoms. The van der Waals surface area contributed by atoms with Crippen molar-refractivity contribution in [2.45, 2.75) is 33.7 Å². The third kappa shape index (κ3) is 4.80. The first kappa shape index (κ1) is 17.0. The van der Waals surface area contributed by atoms with Gasteiger partial charge in [-0.3, -0.25) is 0 Å². The number of hydrogen-bond acceptors (Lipinski definition) is 4. The summed E-state index contributed by atoms with van der Waals surface area (Å²) in [5, 5.41) is 6.66. The van der Waals surface area contributed by atoms with E-state index >= 15 is 0 Å². The fraction of sp³-hybridized carbons (Fsp3) is 0.238. The summed E-state index contributed by atoms with van der Waals surface area (Å²) in [5.41, 5.74) is 5.75. The van der Waals surface area contributed by atoms with E-state index in [9.17, 15) is 0 Å². The highest BCUT2D eigenvalue weighted by molar-refractivity contribution is 5.58. The first-order valence-corrected chi connectivity index (χ1v) is 8.63. The van der Waals surface area contributed by atoms with E-state index in [2.05, 4.69) is 83.0 Å². The topological polar surface area (TPSA) is 49.8 Å². The van der Waals surface area contributed by atoms with Crippen LogP contribution in [0.4, 0.5) is 17.5 Å². The van der Waals surface area contributed by atoms with Crippen molar-refractivity contribution in [1.82, 2.24) is 9.97 Å². The van der Waals surface area contributed by atoms with Gasteiger partial charge < -0.3 is 10.6 Å². The Morgan fingerprint density at radius 2 is 1.68 bits per heavy atom. The number of anilines is 3. The van der Waals surface area contributed by atoms with Crippen LogP contribution in [0.1, 0.15) is 29.3 Å². The second-order valence-corrected chi connectivity index (χ2v) is 6.24. The molecule has 3 aromatic rings. The molecule has 0 unspecified atom stereocenters. The predicted octanol–water partition coefficient (Wildman–Crippen LogP) is 5.01. The average molecular weight is 332 g/mol. The molecule has 0 saturated carbocycles. The largest absolute Gasteiger partial charge is 0.350 e. The first-order valence-electron chi connectivity index (χ1n) is 8.63. The standard InChI is InChI=1S/C21H24N4/c1-4-17-8-10-19(11-9-17)24-20-13-16(3)23-21(25-20)22-14-18-7-5-6-15(2)12-18/h5-13H,4,14H2,1-3H3,(H2,22,23,24,25). The Morgan fingerprint density at radius 3 is 2.40 bits per heavy atom. The second-order valence-electron chi connectivity index (χ2n) is 6.24. The molecule has 0 amide bonds. The third-order valence-electron chi connectivity index (χ3n) is 4.02. The minimum absolute atomic E-state index is 0.634. The van der Waals surface area contributed by atoms with Crippen LogP contribution in [-0.4, -0.2) is 9.97 Å². The lowest BCUT2D eigenvalue weighted by Crippen LogP contribution is -2.06. The minimum atomic E-state index is 0.634. The number of aromatic nitrogens is 2. The summed E-state index contributed by atoms with van der Waals surface area (Å²) in [4.78, 5) is 9.05. The molecular formula is C21H24N4. The number of rotatable bonds is 6. The Hall–Kier alpha value is -2.88. The van der Waals surface area contributed by atoms with Gasteiger partial charge in [-0.2, -0.15) is 4.98 Å². The molecule has 0 aliphatic heterocycles. The van der Waals surface area contributed by atoms with E-state index in [1.807, 2.05) is 13.0 Å². The first-order chi connectivity index (χ1) is 12.1. The van der Waals surface area contributed by atoms with Crippen LogP contribution in [0, 0.1) is 13.8 Å². The molecule has 3 rings (SSSR count). The maximum Gasteiger partial charge on any atom is 0.225 e. The van der Waals surface area contributed by atoms with Gasteiger partial charge in [0.1, 0.15) is 5.82 Å². The van der Waals surface area contributed by atoms with Crippen LogP contribution in [0.5, 0.6) is 0 Å². The summed E-state index contributed by atoms with van der Waals surface area (Å²) >= 11 is 0. The zero-order valence-corrected chi connectivity index (χ0v) is 15.0. The number of aryl methyl sites for hydroxylation is 3. The van der Waals surface area contributed by atoms with Crippen molar-refractivity contribution < 1.29 is 0 Å². The molecule has 25 heavy (non-hydrogen) atoms. The lowest BCUT2D eigenvalue weighted by molar-refractivity contribution is 1.03. The zero-order chi connectivity index (χ0) is 17.6. The molecule has 1 aromatic heterocycles. The van der Waals surface area contributed by atoms with E-state index in [0.29, 0.717) is 12.5 Å². The normalized spacial score (nSPS) is 10.5. The van der Waals surface area contributed by atoms with Crippen LogP contribution in [-0.2, 0) is 13.0 Å². The van der Waals surface area contributed by atoms with Crippen LogP contribution in [0.3, 0.4) is 0 Å². The van der Waals surface area contributed by atoms with Gasteiger partial charge in [-0.25, -0.2) is 4.98 Å². The van der Waals surface area contributed by atoms with Crippen molar-refractivity contribution >= 4 is 17.5 Å². The molecule has 0 aliphatic carbocycles. The summed E-state index contributed by atoms with van der Waals surface area (Å²) in [6.07, 6.45) is 1.04. The lowest BCUT2D eigenvalue weighted by atomic mass is 10.1. The van der Waals surface area contributed by atoms with E-state index in [1.54, 1.807) is 0 Å². The van der Waals surface area contributed by atoms with Crippen LogP contribution in [0.25, 0.3) is 0 Å². The highest BCUT2D eigenvalue weighted by atomic mass is 15.1. The Balaban J connectivity index is 1.71. The fourth-order valence-electron chi connectivity index (χ4n) is 2.69. The number of hydrogen-bond donors (Lipinski definition) is 2. The summed E-state index contributed by atoms with van der Waals surface area (Å²) in [6, 6.07) is 18.8. The van der Waals surface area contributed by atoms with Gasteiger partial charge in [-0.05, 0) is 43.5 Å². The summed E-state index contributed by atoms with van der Waals surface area (Å²) in [5.74, 6) is 1.43. The summed E-state index contributed by atoms with van der Waals surface area (Å²) in [7, 11) is 0. The van der Waals surface area contributed by atoms with Gasteiger partial charge in [0.15, 0.2) is 0 Å². The van der Waals surface area contributed by atoms with E-state index in [-0.39, 0.29) is 0 Å². The van der Waals surface area contributed by atoms with Crippen LogP contribution >= 0.6 is 0 Å². The molecule has 0 fully saturated rings. The van der Waals surface area contributed by atoms with Gasteiger partial charge in [0.25, 0.3) is 0 Å². The SMILES string of the molecule is CCc1ccc(Nc2cc(C)nc(NCc3cccc(C)c3)n2)cc1. The highest BCUT2D eigenvalue weighted by Gasteiger charge is 2.03. The molecular weight excluding hydrogens is 308 g/mol. The Kier molecular flexibility index (Phi) is 5.29. The number of benzene rings is 2. The van der Waals surface area contributed by atoms with Gasteiger partial charge >= 0.3 is 0 Å². The van der Waals surface area contributed by atoms with E-state index in [1.165, 1.54) is 16.7 Å². The quantitative estimate of drug-likeness (QED) is 0.666. The van der Waals surface area contributed by atoms with E-state index < -0.39 is 0 Å². The van der Waals surface area contributed by atoms with E-state index in [0.717, 1.165) is 23.6 Å². The molecule has 0 atom stereocenters. The maximum atomic E-state index is 4.58. The van der Waals surface area contributed by atoms with Gasteiger partial charge in [0.05, 0.1) is 0 Å². The molecule has 2 aromatic carbocycles. The van der Waals surface area contributed by atoms with Gasteiger partial charge in [0.2, 0.25) is 5.95 Å². The van der Waals surface area contributed by atoms with Crippen molar-refractivity contribution in [3.05, 3.63) is 77.0 Å². The molecule has 0 radical (unpaired) electrons. The van der Waals surface area contributed by atoms with Crippen molar-refractivity contribution in [2.75, 3.05) is 10.6 Å². The smallest absolute Gasteiger partial charge is 0.225 e. The van der Waals surface area contributed by atoms with Gasteiger partial charge in [-0.15, -0.1) is 0 Å². The van der Waals surface area contributed by atoms with Crippen LogP contribution in [0.2, 0.25) is 0 Å². The van der Waals surface area contributed by atoms with Crippen molar-refractivity contribution in [3.8, 4) is 0 Å². The van der Waals surface area contributed by atoms with Gasteiger partial charge in [0, 0.05) is 24.0 Å². The second kappa shape index (κ2) is 7.79. The molecule has 1 heterocycles. The van der Waals surface area contributed by atoms with Crippen molar-refractivity contribution in [2.24, 2.45) is 0 Å². The van der Waals surface area contributed by atoms with Crippen LogP contribution < -0.4 is 10.6 Å². The molecule has 128 valence electrons. The average Bonchev–Trinajstić information content (AvgIpc) is 2.60. The Labute approximate surface area is 149 Å². The summed E-state index contributed by atoms with van der Waals surface area (Å²) in [6.45, 7) is 6.93. The van der Waals surface area contributed by atoms with Crippen molar-refractivity contribution in [3.63, 3.8) is 0 Å². The predicted molar refractivity (Wildman–Crippen MR) is 104 cm³/mol. The molecule has 2 N–H and O–H groups in total. The molecule has 0 aliphatic rings. The number of nitrogens with zero attached hydrogens (tertiary/aromatic N) is 2. The van der Waals surface area contributed by atoms with Gasteiger partial charge in [-0.1, -0.05) is 48.9 Å². The monoisotopic (exact) mass is 332 g/mol.